The molecule has 0 spiro atoms. The van der Waals surface area contributed by atoms with Crippen LogP contribution in [-0.2, 0) is 0 Å². The van der Waals surface area contributed by atoms with Crippen molar-refractivity contribution in [3.63, 3.8) is 0 Å². The Kier molecular flexibility index (Phi) is 1.34. The van der Waals surface area contributed by atoms with E-state index in [4.69, 9.17) is 0 Å². The van der Waals surface area contributed by atoms with E-state index in [1.165, 1.54) is 14.1 Å². The first-order valence-corrected chi connectivity index (χ1v) is 6.36. The Hall–Kier alpha value is -0.420. The highest BCUT2D eigenvalue weighted by Crippen LogP contribution is 2.43. The van der Waals surface area contributed by atoms with Crippen LogP contribution in [0.25, 0.3) is 18.8 Å². The van der Waals surface area contributed by atoms with Gasteiger partial charge in [-0.25, -0.2) is 0 Å². The molecular weight excluding hydrogens is 208 g/mol. The maximum absolute atomic E-state index is 11.5. The number of rotatable bonds is 0. The summed E-state index contributed by atoms with van der Waals surface area (Å²) in [4.78, 5) is 0. The zero-order chi connectivity index (χ0) is 8.13. The predicted octanol–water partition coefficient (Wildman–Crippen LogP) is 3.84. The van der Waals surface area contributed by atoms with Crippen LogP contribution in [0.15, 0.2) is 22.9 Å². The predicted molar refractivity (Wildman–Crippen MR) is 55.9 cm³/mol. The smallest absolute Gasteiger partial charge is 0.199 e. The van der Waals surface area contributed by atoms with E-state index in [9.17, 15) is 4.55 Å². The van der Waals surface area contributed by atoms with Gasteiger partial charge in [-0.3, -0.25) is 0 Å². The van der Waals surface area contributed by atoms with Gasteiger partial charge < -0.3 is 4.55 Å². The van der Waals surface area contributed by atoms with Crippen LogP contribution in [0.5, 0.6) is 0 Å². The van der Waals surface area contributed by atoms with Crippen molar-refractivity contribution in [2.75, 3.05) is 0 Å². The quantitative estimate of drug-likeness (QED) is 0.519. The monoisotopic (exact) mass is 212 g/mol. The zero-order valence-corrected chi connectivity index (χ0v) is 8.39. The molecule has 12 heavy (non-hydrogen) atoms. The molecule has 0 radical (unpaired) electrons. The van der Waals surface area contributed by atoms with Gasteiger partial charge in [-0.2, -0.15) is 0 Å². The molecule has 3 heterocycles. The fourth-order valence-electron chi connectivity index (χ4n) is 1.33. The molecule has 0 saturated heterocycles. The minimum absolute atomic E-state index is 0.883. The number of hydrogen-bond acceptors (Lipinski definition) is 3. The number of fused-ring (bicyclic) bond motifs is 3. The van der Waals surface area contributed by atoms with Crippen LogP contribution in [0.3, 0.4) is 0 Å². The minimum atomic E-state index is -0.883. The molecule has 60 valence electrons. The normalized spacial score (nSPS) is 13.2. The Bertz CT molecular complexity index is 543. The molecule has 3 aromatic heterocycles. The van der Waals surface area contributed by atoms with E-state index in [0.29, 0.717) is 0 Å². The highest BCUT2D eigenvalue weighted by Gasteiger charge is 2.13. The lowest BCUT2D eigenvalue weighted by atomic mass is 10.4. The summed E-state index contributed by atoms with van der Waals surface area (Å²) in [5.74, 6) is 0. The van der Waals surface area contributed by atoms with Gasteiger partial charge >= 0.3 is 0 Å². The third-order valence-electron chi connectivity index (χ3n) is 1.84. The van der Waals surface area contributed by atoms with Gasteiger partial charge in [0.05, 0.1) is 14.1 Å². The molecule has 3 rings (SSSR count). The average Bonchev–Trinajstić information content (AvgIpc) is 2.61. The maximum Gasteiger partial charge on any atom is 0.199 e. The lowest BCUT2D eigenvalue weighted by molar-refractivity contribution is 0.600. The van der Waals surface area contributed by atoms with Crippen molar-refractivity contribution in [3.8, 4) is 0 Å². The van der Waals surface area contributed by atoms with Gasteiger partial charge in [0.2, 0.25) is 0 Å². The van der Waals surface area contributed by atoms with Gasteiger partial charge in [-0.05, 0) is 22.2 Å². The first-order valence-electron chi connectivity index (χ1n) is 3.45. The van der Waals surface area contributed by atoms with Crippen molar-refractivity contribution >= 4 is 52.2 Å². The first-order chi connectivity index (χ1) is 5.86. The zero-order valence-electron chi connectivity index (χ0n) is 5.94. The van der Waals surface area contributed by atoms with Crippen LogP contribution in [-0.4, -0.2) is 4.55 Å². The van der Waals surface area contributed by atoms with E-state index in [-0.39, 0.29) is 0 Å². The molecule has 0 fully saturated rings. The van der Waals surface area contributed by atoms with Gasteiger partial charge in [0.15, 0.2) is 4.70 Å². The number of hydrogen-bond donors (Lipinski definition) is 0. The highest BCUT2D eigenvalue weighted by molar-refractivity contribution is 7.45. The standard InChI is InChI=1S/C8H4OS3/c9-12-4-2-6-7(12)5-1-3-10-8(5)11-6/h1-4H. The van der Waals surface area contributed by atoms with Crippen molar-refractivity contribution in [2.45, 2.75) is 0 Å². The molecule has 1 atom stereocenters. The molecule has 1 unspecified atom stereocenters. The molecule has 1 nitrogen and oxygen atoms in total. The largest absolute Gasteiger partial charge is 0.590 e. The van der Waals surface area contributed by atoms with Crippen LogP contribution >= 0.6 is 33.4 Å². The van der Waals surface area contributed by atoms with Gasteiger partial charge in [-0.1, -0.05) is 0 Å². The van der Waals surface area contributed by atoms with E-state index in [1.807, 2.05) is 6.07 Å². The van der Waals surface area contributed by atoms with E-state index in [0.717, 1.165) is 4.70 Å². The summed E-state index contributed by atoms with van der Waals surface area (Å²) in [6.45, 7) is 0. The van der Waals surface area contributed by atoms with Crippen LogP contribution < -0.4 is 0 Å². The van der Waals surface area contributed by atoms with Gasteiger partial charge in [0.25, 0.3) is 0 Å². The van der Waals surface area contributed by atoms with E-state index in [2.05, 4.69) is 11.4 Å². The molecule has 0 N–H and O–H groups in total. The first kappa shape index (κ1) is 7.03. The fraction of sp³-hybridized carbons (Fsp3) is 0. The SMILES string of the molecule is [O-][s+]1ccc2sc3sccc3c21. The van der Waals surface area contributed by atoms with E-state index in [1.54, 1.807) is 28.1 Å². The van der Waals surface area contributed by atoms with Crippen LogP contribution in [0.2, 0.25) is 0 Å². The minimum Gasteiger partial charge on any atom is -0.590 e. The summed E-state index contributed by atoms with van der Waals surface area (Å²) in [7, 11) is -0.883. The van der Waals surface area contributed by atoms with Crippen molar-refractivity contribution in [1.82, 2.24) is 0 Å². The van der Waals surface area contributed by atoms with Crippen molar-refractivity contribution in [3.05, 3.63) is 22.9 Å². The molecule has 4 heteroatoms. The lowest BCUT2D eigenvalue weighted by Crippen LogP contribution is -1.52. The second-order valence-electron chi connectivity index (χ2n) is 2.52. The average molecular weight is 212 g/mol. The Balaban J connectivity index is 2.71. The van der Waals surface area contributed by atoms with Gasteiger partial charge in [-0.15, -0.1) is 22.7 Å². The summed E-state index contributed by atoms with van der Waals surface area (Å²) in [5, 5.41) is 5.00. The summed E-state index contributed by atoms with van der Waals surface area (Å²) in [5.41, 5.74) is 0. The Labute approximate surface area is 79.7 Å². The van der Waals surface area contributed by atoms with E-state index >= 15 is 0 Å². The highest BCUT2D eigenvalue weighted by atomic mass is 32.2. The van der Waals surface area contributed by atoms with Gasteiger partial charge in [0, 0.05) is 6.07 Å². The Morgan fingerprint density at radius 3 is 3.17 bits per heavy atom. The van der Waals surface area contributed by atoms with Gasteiger partial charge in [0.1, 0.15) is 5.38 Å². The second kappa shape index (κ2) is 2.29. The van der Waals surface area contributed by atoms with Crippen LogP contribution in [0.4, 0.5) is 0 Å². The third-order valence-corrected chi connectivity index (χ3v) is 5.41. The Morgan fingerprint density at radius 2 is 2.25 bits per heavy atom. The maximum atomic E-state index is 11.5. The van der Waals surface area contributed by atoms with Crippen molar-refractivity contribution < 1.29 is 4.55 Å². The van der Waals surface area contributed by atoms with Crippen LogP contribution in [0.1, 0.15) is 0 Å². The molecule has 0 amide bonds. The summed E-state index contributed by atoms with van der Waals surface area (Å²) >= 11 is 3.46. The fourth-order valence-corrected chi connectivity index (χ4v) is 5.04. The molecule has 0 aliphatic rings. The summed E-state index contributed by atoms with van der Waals surface area (Å²) in [6, 6.07) is 4.02. The summed E-state index contributed by atoms with van der Waals surface area (Å²) < 4.78 is 15.0. The van der Waals surface area contributed by atoms with Crippen molar-refractivity contribution in [2.24, 2.45) is 0 Å². The molecule has 0 aliphatic carbocycles. The summed E-state index contributed by atoms with van der Waals surface area (Å²) in [6.07, 6.45) is 0. The Morgan fingerprint density at radius 1 is 1.33 bits per heavy atom. The van der Waals surface area contributed by atoms with Crippen molar-refractivity contribution in [1.29, 1.82) is 0 Å². The molecule has 0 aliphatic heterocycles. The van der Waals surface area contributed by atoms with Crippen LogP contribution in [0, 0.1) is 0 Å². The lowest BCUT2D eigenvalue weighted by Gasteiger charge is -1.83. The molecule has 0 saturated carbocycles. The molecule has 0 bridgehead atoms. The molecule has 0 aromatic carbocycles. The second-order valence-corrected chi connectivity index (χ2v) is 6.02. The molecular formula is C8H4OS3. The topological polar surface area (TPSA) is 23.1 Å². The third kappa shape index (κ3) is 0.754. The number of thiophene rings is 3. The molecule has 3 aromatic rings. The van der Waals surface area contributed by atoms with E-state index < -0.39 is 10.8 Å².